The summed E-state index contributed by atoms with van der Waals surface area (Å²) in [6, 6.07) is 11.8. The molecule has 0 bridgehead atoms. The number of carbonyl (C=O) groups is 1. The standard InChI is InChI=1S/C24H29F2NO.ClH/c1-3-4-24(28)20-9-12-22(13-10-20)27(26)16-18-5-7-19(8-6-18)23-14-11-21(25)15-17(23)2;/h9-15,18-19H,3-8,16H2,1-2H3;1H. The van der Waals surface area contributed by atoms with Crippen LogP contribution < -0.4 is 5.12 Å². The van der Waals surface area contributed by atoms with Crippen molar-refractivity contribution in [2.45, 2.75) is 58.3 Å². The predicted molar refractivity (Wildman–Crippen MR) is 117 cm³/mol. The maximum atomic E-state index is 14.6. The molecule has 3 rings (SSSR count). The zero-order valence-corrected chi connectivity index (χ0v) is 18.0. The van der Waals surface area contributed by atoms with Gasteiger partial charge >= 0.3 is 0 Å². The highest BCUT2D eigenvalue weighted by Gasteiger charge is 2.25. The smallest absolute Gasteiger partial charge is 0.162 e. The zero-order valence-electron chi connectivity index (χ0n) is 17.2. The van der Waals surface area contributed by atoms with Crippen molar-refractivity contribution in [2.24, 2.45) is 5.92 Å². The number of benzene rings is 2. The number of rotatable bonds is 7. The third-order valence-electron chi connectivity index (χ3n) is 5.88. The fraction of sp³-hybridized carbons (Fsp3) is 0.458. The van der Waals surface area contributed by atoms with E-state index in [1.807, 2.05) is 19.9 Å². The molecule has 2 aromatic carbocycles. The van der Waals surface area contributed by atoms with E-state index in [4.69, 9.17) is 0 Å². The summed E-state index contributed by atoms with van der Waals surface area (Å²) in [4.78, 5) is 11.9. The zero-order chi connectivity index (χ0) is 20.1. The van der Waals surface area contributed by atoms with E-state index in [2.05, 4.69) is 0 Å². The number of Topliss-reactive ketones (excluding diaryl/α,β-unsaturated/α-hetero) is 1. The molecule has 2 nitrogen and oxygen atoms in total. The predicted octanol–water partition coefficient (Wildman–Crippen LogP) is 7.20. The van der Waals surface area contributed by atoms with Gasteiger partial charge in [-0.2, -0.15) is 0 Å². The Morgan fingerprint density at radius 3 is 2.31 bits per heavy atom. The Morgan fingerprint density at radius 2 is 1.72 bits per heavy atom. The van der Waals surface area contributed by atoms with Crippen LogP contribution in [0.2, 0.25) is 0 Å². The number of hydrogen-bond acceptors (Lipinski definition) is 2. The van der Waals surface area contributed by atoms with Crippen LogP contribution >= 0.6 is 12.4 Å². The Labute approximate surface area is 178 Å². The van der Waals surface area contributed by atoms with Crippen molar-refractivity contribution in [1.29, 1.82) is 0 Å². The van der Waals surface area contributed by atoms with Crippen LogP contribution in [0.5, 0.6) is 0 Å². The molecule has 0 saturated heterocycles. The average molecular weight is 422 g/mol. The van der Waals surface area contributed by atoms with Gasteiger partial charge in [0, 0.05) is 12.0 Å². The lowest BCUT2D eigenvalue weighted by molar-refractivity contribution is 0.0981. The van der Waals surface area contributed by atoms with Gasteiger partial charge in [0.15, 0.2) is 5.78 Å². The summed E-state index contributed by atoms with van der Waals surface area (Å²) in [7, 11) is 0. The maximum absolute atomic E-state index is 14.6. The van der Waals surface area contributed by atoms with Gasteiger partial charge < -0.3 is 0 Å². The first kappa shape index (κ1) is 23.3. The molecule has 2 aromatic rings. The van der Waals surface area contributed by atoms with Crippen molar-refractivity contribution >= 4 is 23.9 Å². The molecule has 1 aliphatic carbocycles. The van der Waals surface area contributed by atoms with Gasteiger partial charge in [0.05, 0.1) is 12.2 Å². The molecule has 0 unspecified atom stereocenters. The van der Waals surface area contributed by atoms with E-state index in [1.54, 1.807) is 30.3 Å². The fourth-order valence-corrected chi connectivity index (χ4v) is 4.27. The van der Waals surface area contributed by atoms with Gasteiger partial charge in [0.2, 0.25) is 0 Å². The SMILES string of the molecule is CCCC(=O)c1ccc(N(F)CC2CCC(c3ccc(F)cc3C)CC2)cc1.Cl. The number of anilines is 1. The van der Waals surface area contributed by atoms with Crippen LogP contribution in [0.4, 0.5) is 14.6 Å². The Hall–Kier alpha value is -1.94. The van der Waals surface area contributed by atoms with E-state index in [1.165, 1.54) is 11.6 Å². The molecule has 0 radical (unpaired) electrons. The first-order valence-corrected chi connectivity index (χ1v) is 10.3. The van der Waals surface area contributed by atoms with Crippen LogP contribution in [0, 0.1) is 18.7 Å². The van der Waals surface area contributed by atoms with E-state index in [9.17, 15) is 13.7 Å². The highest BCUT2D eigenvalue weighted by atomic mass is 35.5. The van der Waals surface area contributed by atoms with E-state index < -0.39 is 0 Å². The van der Waals surface area contributed by atoms with Crippen LogP contribution in [-0.4, -0.2) is 12.3 Å². The van der Waals surface area contributed by atoms with E-state index in [-0.39, 0.29) is 24.0 Å². The molecule has 0 aliphatic heterocycles. The van der Waals surface area contributed by atoms with Crippen LogP contribution in [0.25, 0.3) is 0 Å². The number of aryl methyl sites for hydroxylation is 1. The molecule has 0 N–H and O–H groups in total. The van der Waals surface area contributed by atoms with Crippen LogP contribution in [0.3, 0.4) is 0 Å². The van der Waals surface area contributed by atoms with Crippen LogP contribution in [0.1, 0.15) is 72.9 Å². The van der Waals surface area contributed by atoms with Crippen LogP contribution in [0.15, 0.2) is 42.5 Å². The minimum absolute atomic E-state index is 0. The Morgan fingerprint density at radius 1 is 1.07 bits per heavy atom. The van der Waals surface area contributed by atoms with Gasteiger partial charge in [0.1, 0.15) is 5.82 Å². The van der Waals surface area contributed by atoms with Gasteiger partial charge in [-0.15, -0.1) is 12.4 Å². The van der Waals surface area contributed by atoms with Crippen molar-refractivity contribution in [2.75, 3.05) is 11.7 Å². The molecule has 1 aliphatic rings. The van der Waals surface area contributed by atoms with Crippen molar-refractivity contribution in [1.82, 2.24) is 0 Å². The second-order valence-electron chi connectivity index (χ2n) is 7.98. The Kier molecular flexibility index (Phi) is 8.63. The summed E-state index contributed by atoms with van der Waals surface area (Å²) >= 11 is 0. The van der Waals surface area contributed by atoms with E-state index in [0.29, 0.717) is 36.1 Å². The van der Waals surface area contributed by atoms with Crippen molar-refractivity contribution in [3.05, 3.63) is 65.0 Å². The summed E-state index contributed by atoms with van der Waals surface area (Å²) in [5.41, 5.74) is 3.39. The first-order chi connectivity index (χ1) is 13.5. The molecule has 0 aromatic heterocycles. The third kappa shape index (κ3) is 6.02. The summed E-state index contributed by atoms with van der Waals surface area (Å²) < 4.78 is 28.0. The second-order valence-corrected chi connectivity index (χ2v) is 7.98. The Balaban J connectivity index is 0.00000300. The second kappa shape index (κ2) is 10.7. The number of hydrogen-bond donors (Lipinski definition) is 0. The summed E-state index contributed by atoms with van der Waals surface area (Å²) in [6.45, 7) is 4.31. The van der Waals surface area contributed by atoms with Gasteiger partial charge in [0.25, 0.3) is 0 Å². The maximum Gasteiger partial charge on any atom is 0.162 e. The van der Waals surface area contributed by atoms with Gasteiger partial charge in [-0.05, 0) is 98.4 Å². The number of nitrogens with zero attached hydrogens (tertiary/aromatic N) is 1. The quantitative estimate of drug-likeness (QED) is 0.348. The highest BCUT2D eigenvalue weighted by molar-refractivity contribution is 5.96. The lowest BCUT2D eigenvalue weighted by Crippen LogP contribution is -2.25. The monoisotopic (exact) mass is 421 g/mol. The van der Waals surface area contributed by atoms with Gasteiger partial charge in [-0.3, -0.25) is 4.79 Å². The number of ketones is 1. The molecule has 158 valence electrons. The summed E-state index contributed by atoms with van der Waals surface area (Å²) in [5.74, 6) is 0.663. The minimum atomic E-state index is -0.189. The first-order valence-electron chi connectivity index (χ1n) is 10.3. The minimum Gasteiger partial charge on any atom is -0.294 e. The Bertz CT molecular complexity index is 801. The average Bonchev–Trinajstić information content (AvgIpc) is 2.69. The third-order valence-corrected chi connectivity index (χ3v) is 5.88. The number of halogens is 3. The van der Waals surface area contributed by atoms with Gasteiger partial charge in [-0.25, -0.2) is 9.51 Å². The van der Waals surface area contributed by atoms with E-state index in [0.717, 1.165) is 42.8 Å². The molecule has 1 fully saturated rings. The topological polar surface area (TPSA) is 20.3 Å². The molecule has 29 heavy (non-hydrogen) atoms. The largest absolute Gasteiger partial charge is 0.294 e. The summed E-state index contributed by atoms with van der Waals surface area (Å²) in [5, 5.41) is 0.808. The highest BCUT2D eigenvalue weighted by Crippen LogP contribution is 2.38. The molecule has 5 heteroatoms. The van der Waals surface area contributed by atoms with Crippen LogP contribution in [-0.2, 0) is 0 Å². The van der Waals surface area contributed by atoms with Crippen molar-refractivity contribution in [3.63, 3.8) is 0 Å². The molecular formula is C24H30ClF2NO. The van der Waals surface area contributed by atoms with E-state index >= 15 is 0 Å². The lowest BCUT2D eigenvalue weighted by Gasteiger charge is -2.31. The summed E-state index contributed by atoms with van der Waals surface area (Å²) in [6.07, 6.45) is 5.29. The lowest BCUT2D eigenvalue weighted by atomic mass is 9.77. The molecule has 0 atom stereocenters. The molecular weight excluding hydrogens is 392 g/mol. The number of carbonyl (C=O) groups excluding carboxylic acids is 1. The molecule has 1 saturated carbocycles. The molecule has 0 heterocycles. The fourth-order valence-electron chi connectivity index (χ4n) is 4.27. The van der Waals surface area contributed by atoms with Gasteiger partial charge in [-0.1, -0.05) is 17.5 Å². The van der Waals surface area contributed by atoms with Crippen molar-refractivity contribution < 1.29 is 13.7 Å². The normalized spacial score (nSPS) is 18.8. The molecule has 0 amide bonds. The van der Waals surface area contributed by atoms with Crippen molar-refractivity contribution in [3.8, 4) is 0 Å². The molecule has 0 spiro atoms.